The fourth-order valence-electron chi connectivity index (χ4n) is 5.56. The maximum absolute atomic E-state index is 12.7. The number of amides is 1. The van der Waals surface area contributed by atoms with Gasteiger partial charge in [-0.05, 0) is 86.0 Å². The zero-order valence-electron chi connectivity index (χ0n) is 27.2. The SMILES string of the molecule is CC(C)(Cc1cccc(CC(=O)NCC2CCCCCC2)c1)NC[C@H](O[Si](C)(C)C(C)(C)C)c1ccc(O)c(CO)c1. The lowest BCUT2D eigenvalue weighted by Gasteiger charge is -2.40. The highest BCUT2D eigenvalue weighted by atomic mass is 28.4. The quantitative estimate of drug-likeness (QED) is 0.145. The molecule has 1 atom stereocenters. The Balaban J connectivity index is 1.64. The summed E-state index contributed by atoms with van der Waals surface area (Å²) in [7, 11) is -2.11. The number of benzene rings is 2. The van der Waals surface area contributed by atoms with Crippen molar-refractivity contribution in [3.63, 3.8) is 0 Å². The summed E-state index contributed by atoms with van der Waals surface area (Å²) >= 11 is 0. The number of carbonyl (C=O) groups is 1. The first-order valence-corrected chi connectivity index (χ1v) is 18.8. The van der Waals surface area contributed by atoms with Gasteiger partial charge in [-0.1, -0.05) is 76.8 Å². The Morgan fingerprint density at radius 1 is 1.00 bits per heavy atom. The molecule has 1 saturated carbocycles. The van der Waals surface area contributed by atoms with E-state index in [0.29, 0.717) is 24.4 Å². The van der Waals surface area contributed by atoms with Crippen molar-refractivity contribution in [2.24, 2.45) is 5.92 Å². The van der Waals surface area contributed by atoms with Crippen LogP contribution in [0.2, 0.25) is 18.1 Å². The van der Waals surface area contributed by atoms with Gasteiger partial charge in [-0.25, -0.2) is 0 Å². The van der Waals surface area contributed by atoms with E-state index in [9.17, 15) is 15.0 Å². The van der Waals surface area contributed by atoms with Crippen molar-refractivity contribution in [3.8, 4) is 5.75 Å². The number of aliphatic hydroxyl groups excluding tert-OH is 1. The van der Waals surface area contributed by atoms with E-state index < -0.39 is 8.32 Å². The average molecular weight is 597 g/mol. The summed E-state index contributed by atoms with van der Waals surface area (Å²) in [4.78, 5) is 12.7. The first kappa shape index (κ1) is 34.3. The third-order valence-corrected chi connectivity index (χ3v) is 13.7. The lowest BCUT2D eigenvalue weighted by molar-refractivity contribution is -0.120. The Kier molecular flexibility index (Phi) is 12.3. The van der Waals surface area contributed by atoms with Crippen molar-refractivity contribution < 1.29 is 19.4 Å². The van der Waals surface area contributed by atoms with Crippen LogP contribution in [0.15, 0.2) is 42.5 Å². The predicted octanol–water partition coefficient (Wildman–Crippen LogP) is 7.19. The predicted molar refractivity (Wildman–Crippen MR) is 175 cm³/mol. The van der Waals surface area contributed by atoms with E-state index in [4.69, 9.17) is 4.43 Å². The zero-order valence-corrected chi connectivity index (χ0v) is 28.2. The molecule has 1 amide bonds. The van der Waals surface area contributed by atoms with E-state index in [0.717, 1.165) is 24.1 Å². The fraction of sp³-hybridized carbons (Fsp3) is 0.629. The van der Waals surface area contributed by atoms with Crippen molar-refractivity contribution in [3.05, 3.63) is 64.7 Å². The van der Waals surface area contributed by atoms with Gasteiger partial charge in [0.25, 0.3) is 0 Å². The summed E-state index contributed by atoms with van der Waals surface area (Å²) in [5, 5.41) is 26.9. The van der Waals surface area contributed by atoms with E-state index in [2.05, 4.69) is 76.5 Å². The van der Waals surface area contributed by atoms with Crippen LogP contribution < -0.4 is 10.6 Å². The molecular weight excluding hydrogens is 540 g/mol. The normalized spacial score (nSPS) is 16.2. The molecule has 1 aliphatic carbocycles. The van der Waals surface area contributed by atoms with Crippen molar-refractivity contribution in [1.82, 2.24) is 10.6 Å². The smallest absolute Gasteiger partial charge is 0.224 e. The second kappa shape index (κ2) is 15.0. The Bertz CT molecular complexity index is 1150. The molecule has 1 fully saturated rings. The zero-order chi connectivity index (χ0) is 31.0. The summed E-state index contributed by atoms with van der Waals surface area (Å²) in [5.41, 5.74) is 3.45. The maximum Gasteiger partial charge on any atom is 0.224 e. The lowest BCUT2D eigenvalue weighted by atomic mass is 9.93. The number of hydrogen-bond acceptors (Lipinski definition) is 5. The average Bonchev–Trinajstić information content (AvgIpc) is 3.18. The highest BCUT2D eigenvalue weighted by Crippen LogP contribution is 2.40. The van der Waals surface area contributed by atoms with Crippen LogP contribution in [0.5, 0.6) is 5.75 Å². The van der Waals surface area contributed by atoms with E-state index in [1.807, 2.05) is 18.2 Å². The Hall–Kier alpha value is -2.19. The highest BCUT2D eigenvalue weighted by molar-refractivity contribution is 6.74. The van der Waals surface area contributed by atoms with Crippen LogP contribution in [-0.2, 0) is 28.7 Å². The monoisotopic (exact) mass is 596 g/mol. The Labute approximate surface area is 255 Å². The maximum atomic E-state index is 12.7. The molecule has 0 spiro atoms. The molecule has 3 rings (SSSR count). The van der Waals surface area contributed by atoms with Crippen LogP contribution >= 0.6 is 0 Å². The number of rotatable bonds is 13. The number of hydrogen-bond donors (Lipinski definition) is 4. The number of carbonyl (C=O) groups excluding carboxylic acids is 1. The third-order valence-electron chi connectivity index (χ3n) is 9.22. The Morgan fingerprint density at radius 2 is 1.67 bits per heavy atom. The molecule has 0 saturated heterocycles. The van der Waals surface area contributed by atoms with E-state index in [-0.39, 0.29) is 34.9 Å². The molecule has 2 aromatic carbocycles. The minimum Gasteiger partial charge on any atom is -0.508 e. The number of phenols is 1. The van der Waals surface area contributed by atoms with Crippen molar-refractivity contribution in [2.75, 3.05) is 13.1 Å². The van der Waals surface area contributed by atoms with Gasteiger partial charge in [0.05, 0.1) is 19.1 Å². The van der Waals surface area contributed by atoms with Crippen LogP contribution in [0.3, 0.4) is 0 Å². The standard InChI is InChI=1S/C35H56N2O4Si/c1-34(2,3)42(6,7)41-32(29-17-18-31(39)30(21-29)25-38)24-37-35(4,5)22-28-16-12-15-27(19-28)20-33(40)36-23-26-13-10-8-9-11-14-26/h12,15-19,21,26,32,37-39H,8-11,13-14,20,22-25H2,1-7H3,(H,36,40)/t32-/m0/s1. The van der Waals surface area contributed by atoms with Gasteiger partial charge in [0, 0.05) is 24.2 Å². The molecule has 7 heteroatoms. The van der Waals surface area contributed by atoms with E-state index in [1.165, 1.54) is 44.1 Å². The summed E-state index contributed by atoms with van der Waals surface area (Å²) < 4.78 is 6.88. The van der Waals surface area contributed by atoms with Crippen LogP contribution in [0.25, 0.3) is 0 Å². The Morgan fingerprint density at radius 3 is 2.31 bits per heavy atom. The van der Waals surface area contributed by atoms with Crippen molar-refractivity contribution in [2.45, 2.75) is 122 Å². The minimum atomic E-state index is -2.11. The number of nitrogens with one attached hydrogen (secondary N) is 2. The van der Waals surface area contributed by atoms with Gasteiger partial charge in [0.2, 0.25) is 5.91 Å². The summed E-state index contributed by atoms with van der Waals surface area (Å²) in [6.07, 6.45) is 8.67. The number of aromatic hydroxyl groups is 1. The van der Waals surface area contributed by atoms with Crippen molar-refractivity contribution >= 4 is 14.2 Å². The van der Waals surface area contributed by atoms with Gasteiger partial charge < -0.3 is 25.3 Å². The molecule has 0 radical (unpaired) electrons. The van der Waals surface area contributed by atoms with Gasteiger partial charge in [0.15, 0.2) is 8.32 Å². The largest absolute Gasteiger partial charge is 0.508 e. The summed E-state index contributed by atoms with van der Waals surface area (Å²) in [6.45, 7) is 16.7. The molecule has 0 unspecified atom stereocenters. The van der Waals surface area contributed by atoms with Gasteiger partial charge >= 0.3 is 0 Å². The second-order valence-electron chi connectivity index (χ2n) is 14.5. The first-order valence-electron chi connectivity index (χ1n) is 15.9. The molecular formula is C35H56N2O4Si. The third kappa shape index (κ3) is 10.5. The molecule has 6 nitrogen and oxygen atoms in total. The second-order valence-corrected chi connectivity index (χ2v) is 19.3. The topological polar surface area (TPSA) is 90.8 Å². The van der Waals surface area contributed by atoms with Crippen LogP contribution in [0, 0.1) is 5.92 Å². The van der Waals surface area contributed by atoms with Crippen LogP contribution in [0.1, 0.15) is 102 Å². The molecule has 0 aliphatic heterocycles. The van der Waals surface area contributed by atoms with Gasteiger partial charge in [-0.15, -0.1) is 0 Å². The molecule has 0 aromatic heterocycles. The van der Waals surface area contributed by atoms with Gasteiger partial charge in [0.1, 0.15) is 5.75 Å². The van der Waals surface area contributed by atoms with Crippen molar-refractivity contribution in [1.29, 1.82) is 0 Å². The minimum absolute atomic E-state index is 0.0416. The molecule has 0 bridgehead atoms. The highest BCUT2D eigenvalue weighted by Gasteiger charge is 2.40. The number of aliphatic hydroxyl groups is 1. The molecule has 1 aliphatic rings. The molecule has 0 heterocycles. The summed E-state index contributed by atoms with van der Waals surface area (Å²) in [6, 6.07) is 13.8. The van der Waals surface area contributed by atoms with E-state index in [1.54, 1.807) is 6.07 Å². The van der Waals surface area contributed by atoms with E-state index >= 15 is 0 Å². The van der Waals surface area contributed by atoms with Gasteiger partial charge in [-0.3, -0.25) is 4.79 Å². The molecule has 42 heavy (non-hydrogen) atoms. The fourth-order valence-corrected chi connectivity index (χ4v) is 6.84. The first-order chi connectivity index (χ1) is 19.7. The molecule has 234 valence electrons. The summed E-state index contributed by atoms with van der Waals surface area (Å²) in [5.74, 6) is 0.824. The van der Waals surface area contributed by atoms with Gasteiger partial charge in [-0.2, -0.15) is 0 Å². The molecule has 4 N–H and O–H groups in total. The van der Waals surface area contributed by atoms with Crippen LogP contribution in [-0.4, -0.2) is 43.1 Å². The molecule has 2 aromatic rings. The lowest BCUT2D eigenvalue weighted by Crippen LogP contribution is -2.47. The van der Waals surface area contributed by atoms with Crippen LogP contribution in [0.4, 0.5) is 0 Å².